The smallest absolute Gasteiger partial charge is 0.308 e. The topological polar surface area (TPSA) is 106 Å². The summed E-state index contributed by atoms with van der Waals surface area (Å²) in [5.41, 5.74) is 1.86. The fourth-order valence-corrected chi connectivity index (χ4v) is 5.55. The highest BCUT2D eigenvalue weighted by atomic mass is 35.5. The maximum absolute atomic E-state index is 14.1. The fraction of sp³-hybridized carbons (Fsp3) is 0.483. The highest BCUT2D eigenvalue weighted by molar-refractivity contribution is 6.30. The van der Waals surface area contributed by atoms with Crippen LogP contribution >= 0.6 is 11.6 Å². The minimum Gasteiger partial charge on any atom is -0.481 e. The minimum atomic E-state index is -1.09. The maximum atomic E-state index is 14.1. The van der Waals surface area contributed by atoms with Crippen molar-refractivity contribution in [1.82, 2.24) is 4.90 Å². The highest BCUT2D eigenvalue weighted by Gasteiger charge is 2.40. The monoisotopic (exact) mass is 556 g/mol. The maximum Gasteiger partial charge on any atom is 0.308 e. The van der Waals surface area contributed by atoms with Crippen LogP contribution in [0.5, 0.6) is 11.5 Å². The molecule has 0 saturated carbocycles. The van der Waals surface area contributed by atoms with E-state index in [1.165, 1.54) is 4.90 Å². The molecule has 0 bridgehead atoms. The molecule has 9 nitrogen and oxygen atoms in total. The number of hydrogen-bond acceptors (Lipinski definition) is 6. The minimum absolute atomic E-state index is 0.120. The third kappa shape index (κ3) is 5.84. The van der Waals surface area contributed by atoms with Gasteiger partial charge in [0.2, 0.25) is 12.7 Å². The van der Waals surface area contributed by atoms with Gasteiger partial charge in [0.15, 0.2) is 11.5 Å². The van der Waals surface area contributed by atoms with Crippen molar-refractivity contribution in [3.8, 4) is 11.5 Å². The van der Waals surface area contributed by atoms with Gasteiger partial charge < -0.3 is 29.1 Å². The van der Waals surface area contributed by atoms with E-state index in [2.05, 4.69) is 0 Å². The molecule has 0 radical (unpaired) electrons. The number of ether oxygens (including phenoxy) is 3. The number of halogens is 1. The summed E-state index contributed by atoms with van der Waals surface area (Å²) in [5, 5.41) is 9.97. The predicted octanol–water partition coefficient (Wildman–Crippen LogP) is 4.65. The van der Waals surface area contributed by atoms with Gasteiger partial charge >= 0.3 is 5.97 Å². The van der Waals surface area contributed by atoms with Gasteiger partial charge in [-0.1, -0.05) is 38.4 Å². The summed E-state index contributed by atoms with van der Waals surface area (Å²) < 4.78 is 17.6. The number of benzene rings is 2. The Morgan fingerprint density at radius 2 is 1.87 bits per heavy atom. The van der Waals surface area contributed by atoms with Crippen molar-refractivity contribution in [2.24, 2.45) is 11.3 Å². The summed E-state index contributed by atoms with van der Waals surface area (Å²) in [6, 6.07) is 10.8. The van der Waals surface area contributed by atoms with Crippen molar-refractivity contribution in [2.75, 3.05) is 31.3 Å². The van der Waals surface area contributed by atoms with Crippen LogP contribution in [0.2, 0.25) is 5.02 Å². The number of hydrogen-bond donors (Lipinski definition) is 1. The van der Waals surface area contributed by atoms with Crippen molar-refractivity contribution < 1.29 is 33.7 Å². The summed E-state index contributed by atoms with van der Waals surface area (Å²) in [7, 11) is 0. The second-order valence-corrected chi connectivity index (χ2v) is 12.0. The van der Waals surface area contributed by atoms with Crippen LogP contribution in [0.4, 0.5) is 5.69 Å². The average Bonchev–Trinajstić information content (AvgIpc) is 3.33. The van der Waals surface area contributed by atoms with Gasteiger partial charge in [-0.2, -0.15) is 0 Å². The van der Waals surface area contributed by atoms with E-state index < -0.39 is 24.1 Å². The Balaban J connectivity index is 1.53. The summed E-state index contributed by atoms with van der Waals surface area (Å²) in [6.07, 6.45) is -0.879. The molecule has 0 aromatic heterocycles. The van der Waals surface area contributed by atoms with Crippen molar-refractivity contribution >= 4 is 35.1 Å². The van der Waals surface area contributed by atoms with Crippen LogP contribution in [-0.4, -0.2) is 60.3 Å². The first-order valence-electron chi connectivity index (χ1n) is 13.2. The molecule has 1 unspecified atom stereocenters. The second kappa shape index (κ2) is 10.7. The lowest BCUT2D eigenvalue weighted by Gasteiger charge is -2.33. The molecular formula is C29H33ClN2O7. The summed E-state index contributed by atoms with van der Waals surface area (Å²) >= 11 is 6.44. The first kappa shape index (κ1) is 27.3. The highest BCUT2D eigenvalue weighted by Crippen LogP contribution is 2.43. The van der Waals surface area contributed by atoms with Crippen LogP contribution in [0.15, 0.2) is 36.4 Å². The van der Waals surface area contributed by atoms with Crippen LogP contribution in [0.25, 0.3) is 0 Å². The molecule has 2 aromatic carbocycles. The van der Waals surface area contributed by atoms with E-state index in [0.29, 0.717) is 53.7 Å². The number of carbonyl (C=O) groups excluding carboxylic acids is 2. The Bertz CT molecular complexity index is 1290. The number of fused-ring (bicyclic) bond motifs is 2. The van der Waals surface area contributed by atoms with Crippen molar-refractivity contribution in [3.63, 3.8) is 0 Å². The number of rotatable bonds is 5. The normalized spacial score (nSPS) is 22.9. The van der Waals surface area contributed by atoms with E-state index in [1.54, 1.807) is 23.1 Å². The van der Waals surface area contributed by atoms with Gasteiger partial charge in [-0.25, -0.2) is 0 Å². The summed E-state index contributed by atoms with van der Waals surface area (Å²) in [5.74, 6) is -0.962. The number of amides is 2. The molecule has 1 saturated heterocycles. The van der Waals surface area contributed by atoms with E-state index in [0.717, 1.165) is 5.56 Å². The zero-order valence-electron chi connectivity index (χ0n) is 22.3. The Morgan fingerprint density at radius 3 is 2.62 bits per heavy atom. The van der Waals surface area contributed by atoms with Crippen molar-refractivity contribution in [3.05, 3.63) is 52.5 Å². The molecule has 1 N–H and O–H groups in total. The molecule has 1 fully saturated rings. The zero-order valence-corrected chi connectivity index (χ0v) is 23.1. The first-order chi connectivity index (χ1) is 18.5. The molecule has 0 aliphatic carbocycles. The number of carbonyl (C=O) groups is 3. The lowest BCUT2D eigenvalue weighted by atomic mass is 9.94. The Morgan fingerprint density at radius 1 is 1.10 bits per heavy atom. The van der Waals surface area contributed by atoms with Crippen molar-refractivity contribution in [1.29, 1.82) is 0 Å². The van der Waals surface area contributed by atoms with Crippen LogP contribution in [0.3, 0.4) is 0 Å². The van der Waals surface area contributed by atoms with Crippen molar-refractivity contribution in [2.45, 2.75) is 52.2 Å². The summed E-state index contributed by atoms with van der Waals surface area (Å²) in [6.45, 7) is 7.21. The molecule has 10 heteroatoms. The third-order valence-electron chi connectivity index (χ3n) is 7.22. The number of likely N-dealkylation sites (tertiary alicyclic amines) is 1. The molecule has 3 heterocycles. The van der Waals surface area contributed by atoms with E-state index in [4.69, 9.17) is 25.8 Å². The molecule has 3 aliphatic rings. The van der Waals surface area contributed by atoms with Gasteiger partial charge in [0, 0.05) is 35.9 Å². The van der Waals surface area contributed by atoms with Gasteiger partial charge in [-0.3, -0.25) is 14.4 Å². The van der Waals surface area contributed by atoms with E-state index in [9.17, 15) is 19.5 Å². The van der Waals surface area contributed by atoms with Gasteiger partial charge in [-0.15, -0.1) is 0 Å². The number of aliphatic carboxylic acids is 1. The molecule has 3 atom stereocenters. The number of piperidine rings is 1. The van der Waals surface area contributed by atoms with Crippen LogP contribution in [0.1, 0.15) is 57.3 Å². The quantitative estimate of drug-likeness (QED) is 0.571. The first-order valence-corrected chi connectivity index (χ1v) is 13.5. The van der Waals surface area contributed by atoms with Crippen LogP contribution in [-0.2, 0) is 19.1 Å². The lowest BCUT2D eigenvalue weighted by molar-refractivity contribution is -0.148. The van der Waals surface area contributed by atoms with Crippen LogP contribution in [0, 0.1) is 11.3 Å². The van der Waals surface area contributed by atoms with E-state index >= 15 is 0 Å². The number of carboxylic acids is 1. The Hall–Kier alpha value is -3.30. The van der Waals surface area contributed by atoms with Gasteiger partial charge in [-0.05, 0) is 54.2 Å². The Kier molecular flexibility index (Phi) is 7.48. The Labute approximate surface area is 232 Å². The zero-order chi connectivity index (χ0) is 27.9. The predicted molar refractivity (Wildman–Crippen MR) is 144 cm³/mol. The number of carboxylic acid groups (broad SMARTS) is 1. The van der Waals surface area contributed by atoms with Gasteiger partial charge in [0.25, 0.3) is 5.91 Å². The molecule has 5 rings (SSSR count). The lowest BCUT2D eigenvalue weighted by Crippen LogP contribution is -2.47. The van der Waals surface area contributed by atoms with Gasteiger partial charge in [0.1, 0.15) is 12.2 Å². The summed E-state index contributed by atoms with van der Waals surface area (Å²) in [4.78, 5) is 42.3. The largest absolute Gasteiger partial charge is 0.481 e. The third-order valence-corrected chi connectivity index (χ3v) is 7.45. The standard InChI is InChI=1S/C29H33ClN2O7/c1-29(2,3)15-32-21-8-7-19(30)12-20(21)26(17-6-9-22-23(11-17)38-16-37-22)39-24(27(32)34)13-25(33)31-10-4-5-18(14-31)28(35)36/h6-9,11-12,18,24,26H,4-5,10,13-16H2,1-3H3,(H,35,36)/t18?,24-,26-/m0/s1. The SMILES string of the molecule is CC(C)(C)CN1C(=O)[C@H](CC(=O)N2CCCC(C(=O)O)C2)O[C@@H](c2ccc3c(c2)OCO3)c2cc(Cl)ccc21. The number of nitrogens with zero attached hydrogens (tertiary/aromatic N) is 2. The number of anilines is 1. The van der Waals surface area contributed by atoms with E-state index in [1.807, 2.05) is 39.0 Å². The molecule has 39 heavy (non-hydrogen) atoms. The van der Waals surface area contributed by atoms with E-state index in [-0.39, 0.29) is 37.0 Å². The molecular weight excluding hydrogens is 524 g/mol. The van der Waals surface area contributed by atoms with Gasteiger partial charge in [0.05, 0.1) is 12.3 Å². The fourth-order valence-electron chi connectivity index (χ4n) is 5.37. The van der Waals surface area contributed by atoms with Crippen LogP contribution < -0.4 is 14.4 Å². The average molecular weight is 557 g/mol. The molecule has 3 aliphatic heterocycles. The second-order valence-electron chi connectivity index (χ2n) is 11.5. The molecule has 208 valence electrons. The molecule has 2 amide bonds. The molecule has 2 aromatic rings. The molecule has 0 spiro atoms.